The van der Waals surface area contributed by atoms with Gasteiger partial charge in [-0.25, -0.2) is 18.1 Å². The van der Waals surface area contributed by atoms with Crippen LogP contribution in [0.25, 0.3) is 101 Å². The standard InChI is InChI=1S/2C28H27N2.C27H24FN2/c2*1-18-8-10-20(11-9-18)21-12-13-26(30(5)17-21)23-16-25-24(15-19(23)2)22-7-6-14-29-27(22)28(25,3)4;1-17-14-23-21-6-5-13-29-26(21)27(2,3)24(23)15-22(17)25-12-9-19(16-30(25)4)18-7-10-20(28)11-8-18/h2*6-17H,1-5H3;5-16H,1-4H3/q3*+1/i1D3;;. The molecule has 3 aliphatic rings. The van der Waals surface area contributed by atoms with Crippen molar-refractivity contribution in [3.63, 3.8) is 0 Å². The fraction of sp³-hybridized carbons (Fsp3) is 0.205. The molecule has 6 heterocycles. The average Bonchev–Trinajstić information content (AvgIpc) is 1.60. The van der Waals surface area contributed by atoms with Crippen molar-refractivity contribution in [2.24, 2.45) is 21.1 Å². The minimum atomic E-state index is -2.08. The summed E-state index contributed by atoms with van der Waals surface area (Å²) in [7, 11) is 6.27. The lowest BCUT2D eigenvalue weighted by molar-refractivity contribution is -0.660. The molecule has 90 heavy (non-hydrogen) atoms. The maximum Gasteiger partial charge on any atom is 0.212 e. The first kappa shape index (κ1) is 55.5. The van der Waals surface area contributed by atoms with Crippen LogP contribution in [-0.2, 0) is 37.4 Å². The van der Waals surface area contributed by atoms with Crippen LogP contribution < -0.4 is 13.7 Å². The predicted octanol–water partition coefficient (Wildman–Crippen LogP) is 18.3. The fourth-order valence-corrected chi connectivity index (χ4v) is 14.1. The van der Waals surface area contributed by atoms with E-state index in [2.05, 4.69) is 238 Å². The van der Waals surface area contributed by atoms with Crippen LogP contribution in [0.4, 0.5) is 4.39 Å². The summed E-state index contributed by atoms with van der Waals surface area (Å²) in [5, 5.41) is 0. The Morgan fingerprint density at radius 3 is 0.922 bits per heavy atom. The third-order valence-electron chi connectivity index (χ3n) is 19.2. The van der Waals surface area contributed by atoms with Gasteiger partial charge in [-0.3, -0.25) is 15.0 Å². The van der Waals surface area contributed by atoms with Gasteiger partial charge in [0.2, 0.25) is 17.1 Å². The molecule has 3 aliphatic carbocycles. The smallest absolute Gasteiger partial charge is 0.212 e. The predicted molar refractivity (Wildman–Crippen MR) is 365 cm³/mol. The number of halogens is 1. The zero-order chi connectivity index (χ0) is 65.6. The molecule has 0 N–H and O–H groups in total. The molecule has 7 heteroatoms. The summed E-state index contributed by atoms with van der Waals surface area (Å²) >= 11 is 0. The third kappa shape index (κ3) is 10.3. The fourth-order valence-electron chi connectivity index (χ4n) is 14.1. The zero-order valence-electron chi connectivity index (χ0n) is 56.8. The summed E-state index contributed by atoms with van der Waals surface area (Å²) in [6.45, 7) is 20.1. The lowest BCUT2D eigenvalue weighted by Crippen LogP contribution is -2.31. The van der Waals surface area contributed by atoms with Gasteiger partial charge in [0.05, 0.1) is 17.1 Å². The van der Waals surface area contributed by atoms with Gasteiger partial charge in [-0.15, -0.1) is 0 Å². The first-order chi connectivity index (χ1) is 44.3. The molecular weight excluding hydrogens is 1100 g/mol. The van der Waals surface area contributed by atoms with E-state index in [1.165, 1.54) is 124 Å². The molecule has 0 saturated carbocycles. The monoisotopic (exact) mass is 1180 g/mol. The molecule has 6 aromatic carbocycles. The van der Waals surface area contributed by atoms with Crippen LogP contribution >= 0.6 is 0 Å². The van der Waals surface area contributed by atoms with Crippen molar-refractivity contribution in [3.05, 3.63) is 287 Å². The Morgan fingerprint density at radius 2 is 0.622 bits per heavy atom. The molecule has 0 bridgehead atoms. The van der Waals surface area contributed by atoms with Crippen LogP contribution in [-0.4, -0.2) is 15.0 Å². The van der Waals surface area contributed by atoms with Gasteiger partial charge in [-0.05, 0) is 168 Å². The Balaban J connectivity index is 0.000000127. The van der Waals surface area contributed by atoms with Crippen molar-refractivity contribution in [2.45, 2.75) is 92.3 Å². The Labute approximate surface area is 535 Å². The zero-order valence-corrected chi connectivity index (χ0v) is 53.8. The lowest BCUT2D eigenvalue weighted by atomic mass is 9.83. The van der Waals surface area contributed by atoms with Gasteiger partial charge in [0.1, 0.15) is 27.0 Å². The molecule has 0 amide bonds. The van der Waals surface area contributed by atoms with Crippen molar-refractivity contribution in [1.82, 2.24) is 15.0 Å². The van der Waals surface area contributed by atoms with Gasteiger partial charge < -0.3 is 0 Å². The second kappa shape index (κ2) is 22.6. The van der Waals surface area contributed by atoms with E-state index in [0.717, 1.165) is 45.0 Å². The highest BCUT2D eigenvalue weighted by molar-refractivity contribution is 5.86. The Kier molecular flexibility index (Phi) is 13.9. The quantitative estimate of drug-likeness (QED) is 0.156. The molecule has 0 radical (unpaired) electrons. The Hall–Kier alpha value is -9.85. The summed E-state index contributed by atoms with van der Waals surface area (Å²) in [5.74, 6) is -0.216. The number of nitrogens with zero attached hydrogens (tertiary/aromatic N) is 6. The molecule has 444 valence electrons. The molecule has 0 unspecified atom stereocenters. The van der Waals surface area contributed by atoms with Gasteiger partial charge in [-0.1, -0.05) is 150 Å². The average molecular weight is 1180 g/mol. The highest BCUT2D eigenvalue weighted by atomic mass is 19.1. The largest absolute Gasteiger partial charge is 0.260 e. The van der Waals surface area contributed by atoms with Crippen LogP contribution in [0.2, 0.25) is 0 Å². The number of aryl methyl sites for hydroxylation is 8. The summed E-state index contributed by atoms with van der Waals surface area (Å²) in [4.78, 5) is 14.1. The molecule has 0 fully saturated rings. The molecule has 15 rings (SSSR count). The third-order valence-corrected chi connectivity index (χ3v) is 19.2. The van der Waals surface area contributed by atoms with Gasteiger partial charge in [0.15, 0.2) is 18.6 Å². The van der Waals surface area contributed by atoms with Crippen LogP contribution in [0.15, 0.2) is 219 Å². The number of fused-ring (bicyclic) bond motifs is 9. The molecule has 0 atom stereocenters. The molecule has 6 nitrogen and oxygen atoms in total. The van der Waals surface area contributed by atoms with Gasteiger partial charge in [0, 0.05) is 107 Å². The summed E-state index contributed by atoms with van der Waals surface area (Å²) in [6, 6.07) is 62.1. The Morgan fingerprint density at radius 1 is 0.333 bits per heavy atom. The maximum atomic E-state index is 13.3. The lowest BCUT2D eigenvalue weighted by Gasteiger charge is -2.21. The highest BCUT2D eigenvalue weighted by Crippen LogP contribution is 2.52. The van der Waals surface area contributed by atoms with E-state index in [4.69, 9.17) is 19.1 Å². The SMILES string of the molecule is Cc1cc2c(cc1-c1ccc(-c3ccc(F)cc3)c[n+]1C)C(C)(C)c1ncccc1-2.Cc1ccc(-c2ccc(-c3cc4c(cc3C)-c3cccnc3C4(C)C)[n+](C)c2)cc1.[2H]C([2H])([2H])c1ccc(-c2ccc(-c3cc4c(cc3C)-c3cccnc3C4(C)C)[n+](C)c2)cc1. The van der Waals surface area contributed by atoms with E-state index in [0.29, 0.717) is 5.56 Å². The number of hydrogen-bond donors (Lipinski definition) is 0. The van der Waals surface area contributed by atoms with Gasteiger partial charge >= 0.3 is 0 Å². The molecule has 6 aromatic heterocycles. The second-order valence-corrected chi connectivity index (χ2v) is 26.4. The van der Waals surface area contributed by atoms with Crippen LogP contribution in [0, 0.1) is 40.4 Å². The van der Waals surface area contributed by atoms with E-state index in [1.807, 2.05) is 61.1 Å². The number of rotatable bonds is 6. The van der Waals surface area contributed by atoms with Crippen LogP contribution in [0.1, 0.15) is 107 Å². The summed E-state index contributed by atoms with van der Waals surface area (Å²) < 4.78 is 42.5. The van der Waals surface area contributed by atoms with Crippen molar-refractivity contribution in [1.29, 1.82) is 0 Å². The topological polar surface area (TPSA) is 50.3 Å². The van der Waals surface area contributed by atoms with E-state index in [9.17, 15) is 4.39 Å². The van der Waals surface area contributed by atoms with Crippen molar-refractivity contribution >= 4 is 0 Å². The normalized spacial score (nSPS) is 14.4. The maximum absolute atomic E-state index is 13.3. The number of hydrogen-bond acceptors (Lipinski definition) is 3. The first-order valence-electron chi connectivity index (χ1n) is 32.6. The number of benzene rings is 6. The second-order valence-electron chi connectivity index (χ2n) is 26.4. The number of aromatic nitrogens is 6. The molecule has 0 aliphatic heterocycles. The summed E-state index contributed by atoms with van der Waals surface area (Å²) in [6.07, 6.45) is 12.1. The van der Waals surface area contributed by atoms with E-state index >= 15 is 0 Å². The van der Waals surface area contributed by atoms with Gasteiger partial charge in [0.25, 0.3) is 0 Å². The minimum absolute atomic E-state index is 0.0885. The minimum Gasteiger partial charge on any atom is -0.260 e. The van der Waals surface area contributed by atoms with E-state index < -0.39 is 6.85 Å². The molecular formula is C83H78FN6+3. The van der Waals surface area contributed by atoms with Crippen LogP contribution in [0.3, 0.4) is 0 Å². The Bertz CT molecular complexity index is 4740. The van der Waals surface area contributed by atoms with Crippen molar-refractivity contribution < 1.29 is 22.2 Å². The van der Waals surface area contributed by atoms with Gasteiger partial charge in [-0.2, -0.15) is 0 Å². The summed E-state index contributed by atoms with van der Waals surface area (Å²) in [5.41, 5.74) is 34.0. The highest BCUT2D eigenvalue weighted by Gasteiger charge is 2.41. The first-order valence-corrected chi connectivity index (χ1v) is 31.1. The molecule has 0 spiro atoms. The van der Waals surface area contributed by atoms with E-state index in [-0.39, 0.29) is 22.1 Å². The van der Waals surface area contributed by atoms with E-state index in [1.54, 1.807) is 12.1 Å². The molecule has 0 saturated heterocycles. The van der Waals surface area contributed by atoms with Crippen molar-refractivity contribution in [3.8, 4) is 101 Å². The van der Waals surface area contributed by atoms with Crippen LogP contribution in [0.5, 0.6) is 0 Å². The number of pyridine rings is 6. The van der Waals surface area contributed by atoms with Crippen molar-refractivity contribution in [2.75, 3.05) is 0 Å². The molecule has 12 aromatic rings.